The van der Waals surface area contributed by atoms with Crippen LogP contribution in [0, 0.1) is 22.7 Å². The van der Waals surface area contributed by atoms with E-state index in [1.165, 1.54) is 18.9 Å². The van der Waals surface area contributed by atoms with E-state index in [0.29, 0.717) is 17.8 Å². The number of carboxylic acid groups (broad SMARTS) is 1. The summed E-state index contributed by atoms with van der Waals surface area (Å²) in [4.78, 5) is 22.1. The fourth-order valence-electron chi connectivity index (χ4n) is 6.15. The van der Waals surface area contributed by atoms with Crippen LogP contribution in [0.3, 0.4) is 0 Å². The Bertz CT molecular complexity index is 550. The Morgan fingerprint density at radius 3 is 2.48 bits per heavy atom. The molecule has 2 fully saturated rings. The second-order valence-corrected chi connectivity index (χ2v) is 9.39. The van der Waals surface area contributed by atoms with Gasteiger partial charge in [-0.15, -0.1) is 0 Å². The summed E-state index contributed by atoms with van der Waals surface area (Å²) >= 11 is 0. The molecule has 0 aliphatic heterocycles. The van der Waals surface area contributed by atoms with Gasteiger partial charge >= 0.3 is 5.97 Å². The van der Waals surface area contributed by atoms with Crippen LogP contribution in [-0.2, 0) is 14.3 Å². The lowest BCUT2D eigenvalue weighted by Gasteiger charge is -2.61. The topological polar surface area (TPSA) is 63.6 Å². The fraction of sp³-hybridized carbons (Fsp3) is 0.810. The van der Waals surface area contributed by atoms with Gasteiger partial charge in [-0.05, 0) is 69.1 Å². The van der Waals surface area contributed by atoms with Crippen LogP contribution in [0.5, 0.6) is 0 Å². The lowest BCUT2D eigenvalue weighted by atomic mass is 9.45. The van der Waals surface area contributed by atoms with E-state index in [4.69, 9.17) is 9.84 Å². The summed E-state index contributed by atoms with van der Waals surface area (Å²) in [5.41, 5.74) is 0.854. The van der Waals surface area contributed by atoms with Gasteiger partial charge in [-0.3, -0.25) is 4.79 Å². The van der Waals surface area contributed by atoms with Crippen LogP contribution in [0.15, 0.2) is 11.6 Å². The molecule has 2 rings (SSSR count). The van der Waals surface area contributed by atoms with E-state index in [9.17, 15) is 9.59 Å². The first-order valence-corrected chi connectivity index (χ1v) is 9.57. The largest absolute Gasteiger partial charge is 0.478 e. The predicted molar refractivity (Wildman–Crippen MR) is 98.1 cm³/mol. The molecule has 0 heterocycles. The van der Waals surface area contributed by atoms with Crippen molar-refractivity contribution in [1.29, 1.82) is 0 Å². The molecular formula is C21H34O4. The smallest absolute Gasteiger partial charge is 0.328 e. The van der Waals surface area contributed by atoms with Crippen molar-refractivity contribution in [2.24, 2.45) is 22.7 Å². The summed E-state index contributed by atoms with van der Waals surface area (Å²) in [7, 11) is 0. The van der Waals surface area contributed by atoms with Crippen LogP contribution in [0.2, 0.25) is 0 Å². The molecule has 1 N–H and O–H groups in total. The third-order valence-corrected chi connectivity index (χ3v) is 7.25. The summed E-state index contributed by atoms with van der Waals surface area (Å²) in [5, 5.41) is 8.97. The van der Waals surface area contributed by atoms with E-state index >= 15 is 0 Å². The third-order valence-electron chi connectivity index (χ3n) is 7.25. The summed E-state index contributed by atoms with van der Waals surface area (Å²) in [6.07, 6.45) is 8.49. The molecule has 4 heteroatoms. The predicted octanol–water partition coefficient (Wildman–Crippen LogP) is 4.97. The van der Waals surface area contributed by atoms with E-state index < -0.39 is 11.6 Å². The molecule has 4 unspecified atom stereocenters. The average molecular weight is 350 g/mol. The SMILES string of the molecule is CC(=CC(=O)O)CCC1C(C)(OC=O)CCC2C(C)(C)CCCC21C. The van der Waals surface area contributed by atoms with E-state index in [1.54, 1.807) is 0 Å². The van der Waals surface area contributed by atoms with Gasteiger partial charge in [-0.25, -0.2) is 4.79 Å². The van der Waals surface area contributed by atoms with Crippen LogP contribution in [0.4, 0.5) is 0 Å². The van der Waals surface area contributed by atoms with Crippen LogP contribution < -0.4 is 0 Å². The number of allylic oxidation sites excluding steroid dienone is 1. The lowest BCUT2D eigenvalue weighted by Crippen LogP contribution is -2.58. The van der Waals surface area contributed by atoms with E-state index in [1.807, 2.05) is 6.92 Å². The Labute approximate surface area is 152 Å². The molecule has 2 aliphatic carbocycles. The van der Waals surface area contributed by atoms with Crippen LogP contribution in [-0.4, -0.2) is 23.1 Å². The van der Waals surface area contributed by atoms with Gasteiger partial charge in [0.25, 0.3) is 6.47 Å². The Morgan fingerprint density at radius 2 is 1.88 bits per heavy atom. The maximum Gasteiger partial charge on any atom is 0.328 e. The zero-order valence-electron chi connectivity index (χ0n) is 16.4. The molecule has 25 heavy (non-hydrogen) atoms. The minimum absolute atomic E-state index is 0.126. The molecule has 2 aliphatic rings. The second-order valence-electron chi connectivity index (χ2n) is 9.39. The number of aliphatic carboxylic acids is 1. The minimum Gasteiger partial charge on any atom is -0.478 e. The van der Waals surface area contributed by atoms with Gasteiger partial charge in [0.15, 0.2) is 0 Å². The van der Waals surface area contributed by atoms with Gasteiger partial charge in [0.2, 0.25) is 0 Å². The number of carboxylic acids is 1. The average Bonchev–Trinajstić information content (AvgIpc) is 2.44. The molecule has 142 valence electrons. The lowest BCUT2D eigenvalue weighted by molar-refractivity contribution is -0.190. The van der Waals surface area contributed by atoms with Gasteiger partial charge in [0.05, 0.1) is 0 Å². The number of fused-ring (bicyclic) bond motifs is 1. The normalized spacial score (nSPS) is 37.9. The molecule has 0 radical (unpaired) electrons. The highest BCUT2D eigenvalue weighted by atomic mass is 16.5. The molecule has 0 saturated heterocycles. The highest BCUT2D eigenvalue weighted by molar-refractivity contribution is 5.80. The zero-order chi connectivity index (χ0) is 18.9. The van der Waals surface area contributed by atoms with Crippen LogP contribution >= 0.6 is 0 Å². The van der Waals surface area contributed by atoms with Crippen molar-refractivity contribution in [3.63, 3.8) is 0 Å². The number of carbonyl (C=O) groups excluding carboxylic acids is 1. The van der Waals surface area contributed by atoms with E-state index in [-0.39, 0.29) is 11.3 Å². The number of rotatable bonds is 6. The molecule has 0 aromatic heterocycles. The number of ether oxygens (including phenoxy) is 1. The number of hydrogen-bond donors (Lipinski definition) is 1. The monoisotopic (exact) mass is 350 g/mol. The van der Waals surface area contributed by atoms with E-state index in [2.05, 4.69) is 27.7 Å². The van der Waals surface area contributed by atoms with Gasteiger partial charge in [0.1, 0.15) is 5.60 Å². The minimum atomic E-state index is -0.893. The van der Waals surface area contributed by atoms with Crippen molar-refractivity contribution < 1.29 is 19.4 Å². The van der Waals surface area contributed by atoms with Gasteiger partial charge in [0, 0.05) is 12.0 Å². The van der Waals surface area contributed by atoms with Gasteiger partial charge in [-0.2, -0.15) is 0 Å². The Balaban J connectivity index is 2.32. The molecule has 0 spiro atoms. The van der Waals surface area contributed by atoms with E-state index in [0.717, 1.165) is 37.7 Å². The molecule has 0 aromatic carbocycles. The zero-order valence-corrected chi connectivity index (χ0v) is 16.4. The Hall–Kier alpha value is -1.32. The molecule has 0 aromatic rings. The molecular weight excluding hydrogens is 316 g/mol. The highest BCUT2D eigenvalue weighted by Crippen LogP contribution is 2.63. The molecule has 0 amide bonds. The summed E-state index contributed by atoms with van der Waals surface area (Å²) in [5.74, 6) is -0.0255. The fourth-order valence-corrected chi connectivity index (χ4v) is 6.15. The standard InChI is InChI=1S/C21H34O4/c1-15(13-18(23)24)7-8-17-20(4)11-6-10-19(2,3)16(20)9-12-21(17,5)25-14-22/h13-14,16-17H,6-12H2,1-5H3,(H,23,24). The Morgan fingerprint density at radius 1 is 1.20 bits per heavy atom. The second kappa shape index (κ2) is 7.13. The molecule has 4 atom stereocenters. The van der Waals surface area contributed by atoms with Gasteiger partial charge < -0.3 is 9.84 Å². The Kier molecular flexibility index (Phi) is 5.70. The first-order valence-electron chi connectivity index (χ1n) is 9.57. The highest BCUT2D eigenvalue weighted by Gasteiger charge is 2.58. The summed E-state index contributed by atoms with van der Waals surface area (Å²) in [6, 6.07) is 0. The first-order chi connectivity index (χ1) is 11.5. The molecule has 2 saturated carbocycles. The van der Waals surface area contributed by atoms with Crippen molar-refractivity contribution in [1.82, 2.24) is 0 Å². The first kappa shape index (κ1) is 20.0. The van der Waals surface area contributed by atoms with Crippen LogP contribution in [0.1, 0.15) is 79.6 Å². The molecule has 0 bridgehead atoms. The maximum atomic E-state index is 11.2. The van der Waals surface area contributed by atoms with Crippen molar-refractivity contribution in [2.75, 3.05) is 0 Å². The van der Waals surface area contributed by atoms with Crippen molar-refractivity contribution in [2.45, 2.75) is 85.2 Å². The summed E-state index contributed by atoms with van der Waals surface area (Å²) < 4.78 is 5.66. The quantitative estimate of drug-likeness (QED) is 0.542. The van der Waals surface area contributed by atoms with Gasteiger partial charge in [-0.1, -0.05) is 32.8 Å². The van der Waals surface area contributed by atoms with Crippen molar-refractivity contribution in [3.8, 4) is 0 Å². The number of hydrogen-bond acceptors (Lipinski definition) is 3. The summed E-state index contributed by atoms with van der Waals surface area (Å²) in [6.45, 7) is 11.7. The van der Waals surface area contributed by atoms with Crippen molar-refractivity contribution in [3.05, 3.63) is 11.6 Å². The van der Waals surface area contributed by atoms with Crippen molar-refractivity contribution >= 4 is 12.4 Å². The number of carbonyl (C=O) groups is 2. The third kappa shape index (κ3) is 3.93. The molecule has 4 nitrogen and oxygen atoms in total. The maximum absolute atomic E-state index is 11.2. The van der Waals surface area contributed by atoms with Crippen LogP contribution in [0.25, 0.3) is 0 Å².